The van der Waals surface area contributed by atoms with Crippen molar-refractivity contribution in [2.45, 2.75) is 6.42 Å². The van der Waals surface area contributed by atoms with Gasteiger partial charge in [-0.1, -0.05) is 12.1 Å². The molecule has 24 heavy (non-hydrogen) atoms. The number of aromatic hydroxyl groups is 4. The first-order valence-electron chi connectivity index (χ1n) is 7.33. The minimum Gasteiger partial charge on any atom is -0.504 e. The molecule has 0 aliphatic rings. The lowest BCUT2D eigenvalue weighted by Crippen LogP contribution is -2.27. The average Bonchev–Trinajstić information content (AvgIpc) is 2.56. The highest BCUT2D eigenvalue weighted by Crippen LogP contribution is 2.26. The van der Waals surface area contributed by atoms with Gasteiger partial charge in [0.05, 0.1) is 0 Å². The molecule has 0 fully saturated rings. The molecule has 0 radical (unpaired) electrons. The monoisotopic (exact) mass is 329 g/mol. The zero-order chi connectivity index (χ0) is 17.7. The molecule has 0 saturated heterocycles. The second-order valence-corrected chi connectivity index (χ2v) is 5.41. The Morgan fingerprint density at radius 2 is 1.58 bits per heavy atom. The molecule has 0 saturated carbocycles. The fourth-order valence-corrected chi connectivity index (χ4v) is 2.07. The third-order valence-electron chi connectivity index (χ3n) is 3.57. The van der Waals surface area contributed by atoms with Gasteiger partial charge in [-0.3, -0.25) is 4.79 Å². The van der Waals surface area contributed by atoms with Crippen molar-refractivity contribution in [2.75, 3.05) is 13.6 Å². The van der Waals surface area contributed by atoms with Crippen molar-refractivity contribution in [1.82, 2.24) is 4.90 Å². The number of rotatable bonds is 5. The number of benzene rings is 2. The van der Waals surface area contributed by atoms with E-state index in [-0.39, 0.29) is 28.9 Å². The summed E-state index contributed by atoms with van der Waals surface area (Å²) in [4.78, 5) is 13.6. The Labute approximate surface area is 139 Å². The van der Waals surface area contributed by atoms with Crippen LogP contribution >= 0.6 is 0 Å². The molecule has 6 nitrogen and oxygen atoms in total. The smallest absolute Gasteiger partial charge is 0.246 e. The molecular weight excluding hydrogens is 310 g/mol. The van der Waals surface area contributed by atoms with Crippen molar-refractivity contribution in [3.8, 4) is 23.0 Å². The third-order valence-corrected chi connectivity index (χ3v) is 3.57. The molecule has 0 aliphatic carbocycles. The van der Waals surface area contributed by atoms with Crippen molar-refractivity contribution >= 4 is 12.0 Å². The second kappa shape index (κ2) is 7.41. The number of amides is 1. The number of hydrogen-bond acceptors (Lipinski definition) is 5. The fraction of sp³-hybridized carbons (Fsp3) is 0.167. The van der Waals surface area contributed by atoms with E-state index in [0.29, 0.717) is 18.5 Å². The highest BCUT2D eigenvalue weighted by Gasteiger charge is 2.07. The molecule has 0 atom stereocenters. The van der Waals surface area contributed by atoms with Gasteiger partial charge in [-0.15, -0.1) is 0 Å². The summed E-state index contributed by atoms with van der Waals surface area (Å²) in [6.45, 7) is 0.439. The molecule has 0 unspecified atom stereocenters. The topological polar surface area (TPSA) is 101 Å². The van der Waals surface area contributed by atoms with E-state index in [2.05, 4.69) is 0 Å². The predicted molar refractivity (Wildman–Crippen MR) is 89.9 cm³/mol. The first-order valence-corrected chi connectivity index (χ1v) is 7.33. The van der Waals surface area contributed by atoms with E-state index in [0.717, 1.165) is 5.56 Å². The Balaban J connectivity index is 1.92. The molecule has 2 aromatic rings. The molecular formula is C18H19NO5. The fourth-order valence-electron chi connectivity index (χ4n) is 2.07. The number of carbonyl (C=O) groups is 1. The number of phenols is 4. The molecule has 2 rings (SSSR count). The van der Waals surface area contributed by atoms with E-state index >= 15 is 0 Å². The Morgan fingerprint density at radius 1 is 0.958 bits per heavy atom. The molecule has 126 valence electrons. The predicted octanol–water partition coefficient (Wildman–Crippen LogP) is 2.22. The Kier molecular flexibility index (Phi) is 5.31. The summed E-state index contributed by atoms with van der Waals surface area (Å²) in [7, 11) is 1.65. The number of nitrogens with zero attached hydrogens (tertiary/aromatic N) is 1. The Bertz CT molecular complexity index is 770. The van der Waals surface area contributed by atoms with E-state index in [9.17, 15) is 25.2 Å². The molecule has 4 N–H and O–H groups in total. The van der Waals surface area contributed by atoms with Crippen molar-refractivity contribution in [3.05, 3.63) is 53.6 Å². The van der Waals surface area contributed by atoms with E-state index in [1.807, 2.05) is 0 Å². The number of phenolic OH excluding ortho intramolecular Hbond substituents is 4. The number of likely N-dealkylation sites (N-methyl/N-ethyl adjacent to an activating group) is 1. The Morgan fingerprint density at radius 3 is 2.21 bits per heavy atom. The lowest BCUT2D eigenvalue weighted by Gasteiger charge is -2.15. The standard InChI is InChI=1S/C18H19NO5/c1-19(9-8-13-3-6-15(21)17(23)11-13)18(24)7-4-12-2-5-14(20)16(22)10-12/h2-7,10-11,20-23H,8-9H2,1H3/b7-4+. The zero-order valence-electron chi connectivity index (χ0n) is 13.2. The van der Waals surface area contributed by atoms with Crippen LogP contribution in [-0.4, -0.2) is 44.8 Å². The van der Waals surface area contributed by atoms with Gasteiger partial charge < -0.3 is 25.3 Å². The van der Waals surface area contributed by atoms with Crippen molar-refractivity contribution in [2.24, 2.45) is 0 Å². The van der Waals surface area contributed by atoms with Gasteiger partial charge in [0.1, 0.15) is 0 Å². The lowest BCUT2D eigenvalue weighted by atomic mass is 10.1. The third kappa shape index (κ3) is 4.42. The maximum Gasteiger partial charge on any atom is 0.246 e. The van der Waals surface area contributed by atoms with Gasteiger partial charge in [0.2, 0.25) is 5.91 Å². The van der Waals surface area contributed by atoms with E-state index in [4.69, 9.17) is 0 Å². The van der Waals surface area contributed by atoms with Crippen molar-refractivity contribution < 1.29 is 25.2 Å². The first-order chi connectivity index (χ1) is 11.4. The summed E-state index contributed by atoms with van der Waals surface area (Å²) < 4.78 is 0. The zero-order valence-corrected chi connectivity index (χ0v) is 13.2. The van der Waals surface area contributed by atoms with Crippen LogP contribution in [0.4, 0.5) is 0 Å². The molecule has 0 spiro atoms. The minimum absolute atomic E-state index is 0.178. The summed E-state index contributed by atoms with van der Waals surface area (Å²) >= 11 is 0. The summed E-state index contributed by atoms with van der Waals surface area (Å²) in [6.07, 6.45) is 3.45. The van der Waals surface area contributed by atoms with Gasteiger partial charge in [0, 0.05) is 19.7 Å². The van der Waals surface area contributed by atoms with Crippen LogP contribution in [0.2, 0.25) is 0 Å². The first kappa shape index (κ1) is 17.2. The molecule has 0 heterocycles. The van der Waals surface area contributed by atoms with E-state index in [1.54, 1.807) is 25.3 Å². The van der Waals surface area contributed by atoms with Crippen LogP contribution in [-0.2, 0) is 11.2 Å². The molecule has 2 aromatic carbocycles. The molecule has 0 aromatic heterocycles. The van der Waals surface area contributed by atoms with Gasteiger partial charge in [0.25, 0.3) is 0 Å². The summed E-state index contributed by atoms with van der Waals surface area (Å²) in [5, 5.41) is 37.4. The average molecular weight is 329 g/mol. The van der Waals surface area contributed by atoms with Gasteiger partial charge in [-0.05, 0) is 47.9 Å². The molecule has 1 amide bonds. The van der Waals surface area contributed by atoms with Crippen molar-refractivity contribution in [1.29, 1.82) is 0 Å². The SMILES string of the molecule is CN(CCc1ccc(O)c(O)c1)C(=O)/C=C/c1ccc(O)c(O)c1. The number of hydrogen-bond donors (Lipinski definition) is 4. The highest BCUT2D eigenvalue weighted by molar-refractivity contribution is 5.91. The van der Waals surface area contributed by atoms with Crippen LogP contribution in [0.1, 0.15) is 11.1 Å². The van der Waals surface area contributed by atoms with Gasteiger partial charge in [-0.2, -0.15) is 0 Å². The second-order valence-electron chi connectivity index (χ2n) is 5.41. The maximum absolute atomic E-state index is 12.0. The van der Waals surface area contributed by atoms with Crippen LogP contribution in [0, 0.1) is 0 Å². The summed E-state index contributed by atoms with van der Waals surface area (Å²) in [5.74, 6) is -1.04. The highest BCUT2D eigenvalue weighted by atomic mass is 16.3. The lowest BCUT2D eigenvalue weighted by molar-refractivity contribution is -0.124. The van der Waals surface area contributed by atoms with Gasteiger partial charge >= 0.3 is 0 Å². The van der Waals surface area contributed by atoms with E-state index < -0.39 is 0 Å². The van der Waals surface area contributed by atoms with Crippen LogP contribution in [0.15, 0.2) is 42.5 Å². The summed E-state index contributed by atoms with van der Waals surface area (Å²) in [5.41, 5.74) is 1.40. The van der Waals surface area contributed by atoms with Crippen LogP contribution < -0.4 is 0 Å². The van der Waals surface area contributed by atoms with Crippen molar-refractivity contribution in [3.63, 3.8) is 0 Å². The van der Waals surface area contributed by atoms with Crippen LogP contribution in [0.25, 0.3) is 6.08 Å². The van der Waals surface area contributed by atoms with Crippen LogP contribution in [0.3, 0.4) is 0 Å². The molecule has 0 bridgehead atoms. The largest absolute Gasteiger partial charge is 0.504 e. The molecule has 6 heteroatoms. The minimum atomic E-state index is -0.245. The Hall–Kier alpha value is -3.15. The quantitative estimate of drug-likeness (QED) is 0.498. The maximum atomic E-state index is 12.0. The number of carbonyl (C=O) groups excluding carboxylic acids is 1. The normalized spacial score (nSPS) is 10.9. The van der Waals surface area contributed by atoms with Gasteiger partial charge in [0.15, 0.2) is 23.0 Å². The van der Waals surface area contributed by atoms with E-state index in [1.165, 1.54) is 35.2 Å². The van der Waals surface area contributed by atoms with Crippen LogP contribution in [0.5, 0.6) is 23.0 Å². The molecule has 0 aliphatic heterocycles. The van der Waals surface area contributed by atoms with Gasteiger partial charge in [-0.25, -0.2) is 0 Å². The summed E-state index contributed by atoms with van der Waals surface area (Å²) in [6, 6.07) is 8.84.